The van der Waals surface area contributed by atoms with Crippen LogP contribution in [0.5, 0.6) is 5.75 Å². The molecule has 0 fully saturated rings. The number of furan rings is 1. The SMILES string of the molecule is CCOc1ccc(NC(=O)[C@@H]2Cc3ccccc3CN2C(=O)c2ccco2)cc1. The average molecular weight is 390 g/mol. The van der Waals surface area contributed by atoms with Crippen LogP contribution < -0.4 is 10.1 Å². The lowest BCUT2D eigenvalue weighted by molar-refractivity contribution is -0.121. The van der Waals surface area contributed by atoms with Crippen LogP contribution >= 0.6 is 0 Å². The summed E-state index contributed by atoms with van der Waals surface area (Å²) in [5.41, 5.74) is 2.77. The Morgan fingerprint density at radius 3 is 2.52 bits per heavy atom. The third-order valence-corrected chi connectivity index (χ3v) is 4.98. The molecule has 3 aromatic rings. The van der Waals surface area contributed by atoms with Gasteiger partial charge in [0.15, 0.2) is 5.76 Å². The molecule has 0 aliphatic carbocycles. The van der Waals surface area contributed by atoms with Gasteiger partial charge in [-0.05, 0) is 54.4 Å². The number of rotatable bonds is 5. The standard InChI is InChI=1S/C23H22N2O4/c1-2-28-19-11-9-18(10-12-19)24-22(26)20-14-16-6-3-4-7-17(16)15-25(20)23(27)21-8-5-13-29-21/h3-13,20H,2,14-15H2,1H3,(H,24,26)/t20-/m0/s1. The second-order valence-corrected chi connectivity index (χ2v) is 6.85. The molecule has 0 radical (unpaired) electrons. The Kier molecular flexibility index (Phi) is 5.33. The quantitative estimate of drug-likeness (QED) is 0.718. The first-order valence-corrected chi connectivity index (χ1v) is 9.60. The molecule has 1 N–H and O–H groups in total. The molecule has 0 saturated heterocycles. The molecule has 2 aromatic carbocycles. The van der Waals surface area contributed by atoms with Crippen LogP contribution in [0, 0.1) is 0 Å². The van der Waals surface area contributed by atoms with Gasteiger partial charge in [-0.1, -0.05) is 24.3 Å². The maximum Gasteiger partial charge on any atom is 0.290 e. The van der Waals surface area contributed by atoms with Crippen LogP contribution in [0.4, 0.5) is 5.69 Å². The average Bonchev–Trinajstić information content (AvgIpc) is 3.29. The highest BCUT2D eigenvalue weighted by Gasteiger charge is 2.36. The Hall–Kier alpha value is -3.54. The topological polar surface area (TPSA) is 71.8 Å². The number of carbonyl (C=O) groups excluding carboxylic acids is 2. The summed E-state index contributed by atoms with van der Waals surface area (Å²) in [6.07, 6.45) is 1.91. The Bertz CT molecular complexity index is 996. The number of fused-ring (bicyclic) bond motifs is 1. The zero-order chi connectivity index (χ0) is 20.2. The summed E-state index contributed by atoms with van der Waals surface area (Å²) in [6, 6.07) is 17.7. The summed E-state index contributed by atoms with van der Waals surface area (Å²) in [6.45, 7) is 2.86. The molecular weight excluding hydrogens is 368 g/mol. The van der Waals surface area contributed by atoms with E-state index in [0.717, 1.165) is 16.9 Å². The van der Waals surface area contributed by atoms with Crippen molar-refractivity contribution in [3.8, 4) is 5.75 Å². The van der Waals surface area contributed by atoms with Gasteiger partial charge in [-0.2, -0.15) is 0 Å². The molecule has 148 valence electrons. The molecule has 1 atom stereocenters. The first-order chi connectivity index (χ1) is 14.2. The van der Waals surface area contributed by atoms with Crippen molar-refractivity contribution in [2.24, 2.45) is 0 Å². The van der Waals surface area contributed by atoms with E-state index in [1.807, 2.05) is 31.2 Å². The number of hydrogen-bond donors (Lipinski definition) is 1. The van der Waals surface area contributed by atoms with Crippen molar-refractivity contribution in [2.45, 2.75) is 25.9 Å². The first kappa shape index (κ1) is 18.8. The summed E-state index contributed by atoms with van der Waals surface area (Å²) in [4.78, 5) is 27.7. The number of anilines is 1. The van der Waals surface area contributed by atoms with Gasteiger partial charge in [0.05, 0.1) is 12.9 Å². The maximum absolute atomic E-state index is 13.1. The van der Waals surface area contributed by atoms with E-state index in [9.17, 15) is 9.59 Å². The van der Waals surface area contributed by atoms with Crippen molar-refractivity contribution in [3.63, 3.8) is 0 Å². The van der Waals surface area contributed by atoms with Gasteiger partial charge in [-0.15, -0.1) is 0 Å². The fourth-order valence-electron chi connectivity index (χ4n) is 3.54. The fourth-order valence-corrected chi connectivity index (χ4v) is 3.54. The predicted molar refractivity (Wildman–Crippen MR) is 109 cm³/mol. The van der Waals surface area contributed by atoms with Crippen LogP contribution in [-0.2, 0) is 17.8 Å². The number of nitrogens with one attached hydrogen (secondary N) is 1. The molecule has 0 unspecified atom stereocenters. The molecule has 2 amide bonds. The van der Waals surface area contributed by atoms with Crippen LogP contribution in [0.15, 0.2) is 71.3 Å². The van der Waals surface area contributed by atoms with E-state index >= 15 is 0 Å². The van der Waals surface area contributed by atoms with Gasteiger partial charge in [0.25, 0.3) is 5.91 Å². The molecule has 1 aliphatic heterocycles. The maximum atomic E-state index is 13.1. The number of ether oxygens (including phenoxy) is 1. The zero-order valence-electron chi connectivity index (χ0n) is 16.1. The van der Waals surface area contributed by atoms with Gasteiger partial charge in [0, 0.05) is 18.7 Å². The van der Waals surface area contributed by atoms with Gasteiger partial charge >= 0.3 is 0 Å². The Labute approximate surface area is 169 Å². The fraction of sp³-hybridized carbons (Fsp3) is 0.217. The summed E-state index contributed by atoms with van der Waals surface area (Å²) in [5.74, 6) is 0.440. The minimum atomic E-state index is -0.630. The van der Waals surface area contributed by atoms with Gasteiger partial charge in [0.2, 0.25) is 5.91 Å². The number of carbonyl (C=O) groups is 2. The lowest BCUT2D eigenvalue weighted by atomic mass is 9.93. The van der Waals surface area contributed by atoms with Crippen LogP contribution in [0.2, 0.25) is 0 Å². The van der Waals surface area contributed by atoms with Crippen LogP contribution in [0.25, 0.3) is 0 Å². The van der Waals surface area contributed by atoms with Crippen molar-refractivity contribution >= 4 is 17.5 Å². The third-order valence-electron chi connectivity index (χ3n) is 4.98. The third kappa shape index (κ3) is 4.01. The molecular formula is C23H22N2O4. The monoisotopic (exact) mass is 390 g/mol. The highest BCUT2D eigenvalue weighted by Crippen LogP contribution is 2.26. The molecule has 6 heteroatoms. The summed E-state index contributed by atoms with van der Waals surface area (Å²) in [7, 11) is 0. The minimum Gasteiger partial charge on any atom is -0.494 e. The molecule has 0 bridgehead atoms. The molecule has 0 spiro atoms. The van der Waals surface area contributed by atoms with E-state index in [0.29, 0.717) is 25.3 Å². The van der Waals surface area contributed by atoms with Gasteiger partial charge < -0.3 is 19.4 Å². The lowest BCUT2D eigenvalue weighted by Crippen LogP contribution is -2.50. The number of hydrogen-bond acceptors (Lipinski definition) is 4. The van der Waals surface area contributed by atoms with Crippen LogP contribution in [0.1, 0.15) is 28.6 Å². The van der Waals surface area contributed by atoms with E-state index in [-0.39, 0.29) is 17.6 Å². The molecule has 4 rings (SSSR count). The van der Waals surface area contributed by atoms with E-state index in [4.69, 9.17) is 9.15 Å². The number of nitrogens with zero attached hydrogens (tertiary/aromatic N) is 1. The number of benzene rings is 2. The largest absolute Gasteiger partial charge is 0.494 e. The zero-order valence-corrected chi connectivity index (χ0v) is 16.1. The Morgan fingerprint density at radius 2 is 1.83 bits per heavy atom. The smallest absolute Gasteiger partial charge is 0.290 e. The Morgan fingerprint density at radius 1 is 1.07 bits per heavy atom. The van der Waals surface area contributed by atoms with Crippen molar-refractivity contribution < 1.29 is 18.7 Å². The normalized spacial score (nSPS) is 15.5. The molecule has 6 nitrogen and oxygen atoms in total. The highest BCUT2D eigenvalue weighted by molar-refractivity contribution is 6.00. The van der Waals surface area contributed by atoms with E-state index < -0.39 is 6.04 Å². The highest BCUT2D eigenvalue weighted by atomic mass is 16.5. The van der Waals surface area contributed by atoms with Gasteiger partial charge in [0.1, 0.15) is 11.8 Å². The summed E-state index contributed by atoms with van der Waals surface area (Å²) >= 11 is 0. The minimum absolute atomic E-state index is 0.225. The first-order valence-electron chi connectivity index (χ1n) is 9.60. The van der Waals surface area contributed by atoms with Crippen LogP contribution in [-0.4, -0.2) is 29.4 Å². The van der Waals surface area contributed by atoms with E-state index in [2.05, 4.69) is 5.32 Å². The van der Waals surface area contributed by atoms with Crippen LogP contribution in [0.3, 0.4) is 0 Å². The second kappa shape index (κ2) is 8.22. The molecule has 1 aromatic heterocycles. The van der Waals surface area contributed by atoms with Gasteiger partial charge in [-0.25, -0.2) is 0 Å². The lowest BCUT2D eigenvalue weighted by Gasteiger charge is -2.35. The van der Waals surface area contributed by atoms with Crippen molar-refractivity contribution in [1.82, 2.24) is 4.90 Å². The Balaban J connectivity index is 1.58. The molecule has 29 heavy (non-hydrogen) atoms. The summed E-state index contributed by atoms with van der Waals surface area (Å²) < 4.78 is 10.7. The van der Waals surface area contributed by atoms with E-state index in [1.165, 1.54) is 6.26 Å². The van der Waals surface area contributed by atoms with E-state index in [1.54, 1.807) is 41.3 Å². The van der Waals surface area contributed by atoms with Gasteiger partial charge in [-0.3, -0.25) is 9.59 Å². The van der Waals surface area contributed by atoms with Crippen molar-refractivity contribution in [2.75, 3.05) is 11.9 Å². The number of amides is 2. The molecule has 0 saturated carbocycles. The molecule has 2 heterocycles. The summed E-state index contributed by atoms with van der Waals surface area (Å²) in [5, 5.41) is 2.92. The van der Waals surface area contributed by atoms with Crippen molar-refractivity contribution in [3.05, 3.63) is 83.8 Å². The van der Waals surface area contributed by atoms with Crippen molar-refractivity contribution in [1.29, 1.82) is 0 Å². The molecule has 1 aliphatic rings. The predicted octanol–water partition coefficient (Wildman–Crippen LogP) is 3.88. The second-order valence-electron chi connectivity index (χ2n) is 6.85.